The molecule has 0 radical (unpaired) electrons. The lowest BCUT2D eigenvalue weighted by atomic mass is 10.0. The highest BCUT2D eigenvalue weighted by molar-refractivity contribution is 6.12. The molecule has 0 aliphatic carbocycles. The van der Waals surface area contributed by atoms with Crippen LogP contribution in [0.25, 0.3) is 0 Å². The number of hydrogen-bond acceptors (Lipinski definition) is 2. The van der Waals surface area contributed by atoms with E-state index in [9.17, 15) is 4.79 Å². The SMILES string of the molecule is CC1=NN(c2ccc(C(C)C)cc2)C(=O)C1. The number of hydrazone groups is 1. The largest absolute Gasteiger partial charge is 0.272 e. The zero-order valence-electron chi connectivity index (χ0n) is 9.90. The fourth-order valence-corrected chi connectivity index (χ4v) is 1.76. The van der Waals surface area contributed by atoms with Crippen molar-refractivity contribution in [2.75, 3.05) is 5.01 Å². The minimum Gasteiger partial charge on any atom is -0.272 e. The van der Waals surface area contributed by atoms with Crippen LogP contribution in [-0.2, 0) is 4.79 Å². The van der Waals surface area contributed by atoms with Crippen molar-refractivity contribution in [2.45, 2.75) is 33.1 Å². The lowest BCUT2D eigenvalue weighted by Gasteiger charge is -2.13. The number of hydrogen-bond donors (Lipinski definition) is 0. The summed E-state index contributed by atoms with van der Waals surface area (Å²) < 4.78 is 0. The second kappa shape index (κ2) is 4.08. The second-order valence-corrected chi connectivity index (χ2v) is 4.46. The van der Waals surface area contributed by atoms with Gasteiger partial charge in [-0.1, -0.05) is 26.0 Å². The predicted molar refractivity (Wildman–Crippen MR) is 65.7 cm³/mol. The summed E-state index contributed by atoms with van der Waals surface area (Å²) in [6, 6.07) is 8.01. The molecule has 0 atom stereocenters. The topological polar surface area (TPSA) is 32.7 Å². The number of nitrogens with zero attached hydrogens (tertiary/aromatic N) is 2. The molecule has 0 saturated carbocycles. The quantitative estimate of drug-likeness (QED) is 0.748. The molecule has 2 rings (SSSR count). The van der Waals surface area contributed by atoms with E-state index in [2.05, 4.69) is 31.1 Å². The van der Waals surface area contributed by atoms with Crippen molar-refractivity contribution in [3.63, 3.8) is 0 Å². The lowest BCUT2D eigenvalue weighted by molar-refractivity contribution is -0.116. The summed E-state index contributed by atoms with van der Waals surface area (Å²) >= 11 is 0. The van der Waals surface area contributed by atoms with Crippen molar-refractivity contribution in [3.8, 4) is 0 Å². The Hall–Kier alpha value is -1.64. The minimum atomic E-state index is 0.0507. The molecular formula is C13H16N2O. The molecule has 0 N–H and O–H groups in total. The molecule has 0 bridgehead atoms. The van der Waals surface area contributed by atoms with Gasteiger partial charge in [0.1, 0.15) is 0 Å². The van der Waals surface area contributed by atoms with Crippen LogP contribution >= 0.6 is 0 Å². The van der Waals surface area contributed by atoms with Gasteiger partial charge in [0.25, 0.3) is 5.91 Å². The molecule has 1 aliphatic heterocycles. The average Bonchev–Trinajstić information content (AvgIpc) is 2.58. The smallest absolute Gasteiger partial charge is 0.253 e. The molecule has 0 saturated heterocycles. The first-order valence-electron chi connectivity index (χ1n) is 5.55. The van der Waals surface area contributed by atoms with E-state index in [0.29, 0.717) is 12.3 Å². The first-order chi connectivity index (χ1) is 7.58. The average molecular weight is 216 g/mol. The van der Waals surface area contributed by atoms with Crippen molar-refractivity contribution in [1.82, 2.24) is 0 Å². The third-order valence-corrected chi connectivity index (χ3v) is 2.72. The molecular weight excluding hydrogens is 200 g/mol. The molecule has 0 spiro atoms. The summed E-state index contributed by atoms with van der Waals surface area (Å²) in [4.78, 5) is 11.6. The van der Waals surface area contributed by atoms with E-state index in [4.69, 9.17) is 0 Å². The molecule has 1 amide bonds. The van der Waals surface area contributed by atoms with E-state index < -0.39 is 0 Å². The molecule has 0 unspecified atom stereocenters. The van der Waals surface area contributed by atoms with Crippen LogP contribution in [0.2, 0.25) is 0 Å². The summed E-state index contributed by atoms with van der Waals surface area (Å²) in [6.45, 7) is 6.18. The van der Waals surface area contributed by atoms with Crippen molar-refractivity contribution >= 4 is 17.3 Å². The Morgan fingerprint density at radius 3 is 2.31 bits per heavy atom. The summed E-state index contributed by atoms with van der Waals surface area (Å²) in [5, 5.41) is 5.70. The van der Waals surface area contributed by atoms with Gasteiger partial charge in [0.15, 0.2) is 0 Å². The lowest BCUT2D eigenvalue weighted by Crippen LogP contribution is -2.19. The van der Waals surface area contributed by atoms with E-state index in [0.717, 1.165) is 11.4 Å². The predicted octanol–water partition coefficient (Wildman–Crippen LogP) is 2.92. The Morgan fingerprint density at radius 2 is 1.88 bits per heavy atom. The van der Waals surface area contributed by atoms with E-state index in [-0.39, 0.29) is 5.91 Å². The first-order valence-corrected chi connectivity index (χ1v) is 5.55. The number of amides is 1. The van der Waals surface area contributed by atoms with Crippen LogP contribution in [0.4, 0.5) is 5.69 Å². The Morgan fingerprint density at radius 1 is 1.25 bits per heavy atom. The van der Waals surface area contributed by atoms with Crippen LogP contribution in [0.5, 0.6) is 0 Å². The number of carbonyl (C=O) groups excluding carboxylic acids is 1. The monoisotopic (exact) mass is 216 g/mol. The van der Waals surface area contributed by atoms with Crippen molar-refractivity contribution in [1.29, 1.82) is 0 Å². The van der Waals surface area contributed by atoms with Crippen LogP contribution in [-0.4, -0.2) is 11.6 Å². The van der Waals surface area contributed by atoms with Gasteiger partial charge in [0.2, 0.25) is 0 Å². The molecule has 1 aromatic rings. The Kier molecular flexibility index (Phi) is 2.77. The van der Waals surface area contributed by atoms with Crippen molar-refractivity contribution in [3.05, 3.63) is 29.8 Å². The second-order valence-electron chi connectivity index (χ2n) is 4.46. The molecule has 3 heteroatoms. The van der Waals surface area contributed by atoms with Crippen LogP contribution in [0.3, 0.4) is 0 Å². The van der Waals surface area contributed by atoms with Gasteiger partial charge in [-0.2, -0.15) is 5.10 Å². The van der Waals surface area contributed by atoms with Crippen molar-refractivity contribution in [2.24, 2.45) is 5.10 Å². The zero-order valence-corrected chi connectivity index (χ0v) is 9.90. The maximum atomic E-state index is 11.6. The highest BCUT2D eigenvalue weighted by Gasteiger charge is 2.22. The van der Waals surface area contributed by atoms with Crippen LogP contribution in [0, 0.1) is 0 Å². The van der Waals surface area contributed by atoms with Gasteiger partial charge < -0.3 is 0 Å². The molecule has 1 heterocycles. The molecule has 1 aromatic carbocycles. The minimum absolute atomic E-state index is 0.0507. The normalized spacial score (nSPS) is 15.9. The Labute approximate surface area is 95.8 Å². The van der Waals surface area contributed by atoms with E-state index in [1.165, 1.54) is 10.6 Å². The van der Waals surface area contributed by atoms with Crippen LogP contribution in [0.1, 0.15) is 38.7 Å². The van der Waals surface area contributed by atoms with Gasteiger partial charge in [-0.05, 0) is 30.5 Å². The molecule has 3 nitrogen and oxygen atoms in total. The molecule has 84 valence electrons. The molecule has 1 aliphatic rings. The van der Waals surface area contributed by atoms with Gasteiger partial charge >= 0.3 is 0 Å². The highest BCUT2D eigenvalue weighted by Crippen LogP contribution is 2.23. The molecule has 16 heavy (non-hydrogen) atoms. The summed E-state index contributed by atoms with van der Waals surface area (Å²) in [5.74, 6) is 0.559. The number of rotatable bonds is 2. The number of benzene rings is 1. The van der Waals surface area contributed by atoms with Gasteiger partial charge in [-0.25, -0.2) is 5.01 Å². The van der Waals surface area contributed by atoms with Gasteiger partial charge in [0, 0.05) is 5.71 Å². The van der Waals surface area contributed by atoms with Crippen LogP contribution < -0.4 is 5.01 Å². The number of carbonyl (C=O) groups is 1. The highest BCUT2D eigenvalue weighted by atomic mass is 16.2. The third-order valence-electron chi connectivity index (χ3n) is 2.72. The fraction of sp³-hybridized carbons (Fsp3) is 0.385. The van der Waals surface area contributed by atoms with E-state index in [1.54, 1.807) is 0 Å². The Balaban J connectivity index is 2.25. The maximum absolute atomic E-state index is 11.6. The summed E-state index contributed by atoms with van der Waals surface area (Å²) in [6.07, 6.45) is 0.436. The zero-order chi connectivity index (χ0) is 11.7. The van der Waals surface area contributed by atoms with Crippen molar-refractivity contribution < 1.29 is 4.79 Å². The fourth-order valence-electron chi connectivity index (χ4n) is 1.76. The maximum Gasteiger partial charge on any atom is 0.253 e. The Bertz CT molecular complexity index is 432. The van der Waals surface area contributed by atoms with Crippen LogP contribution in [0.15, 0.2) is 29.4 Å². The molecule has 0 aromatic heterocycles. The standard InChI is InChI=1S/C13H16N2O/c1-9(2)11-4-6-12(7-5-11)15-13(16)8-10(3)14-15/h4-7,9H,8H2,1-3H3. The van der Waals surface area contributed by atoms with E-state index >= 15 is 0 Å². The third kappa shape index (κ3) is 1.98. The van der Waals surface area contributed by atoms with Gasteiger partial charge in [0.05, 0.1) is 12.1 Å². The van der Waals surface area contributed by atoms with Gasteiger partial charge in [-0.3, -0.25) is 4.79 Å². The molecule has 0 fully saturated rings. The first kappa shape index (κ1) is 10.9. The van der Waals surface area contributed by atoms with Gasteiger partial charge in [-0.15, -0.1) is 0 Å². The summed E-state index contributed by atoms with van der Waals surface area (Å²) in [7, 11) is 0. The number of anilines is 1. The summed E-state index contributed by atoms with van der Waals surface area (Å²) in [5.41, 5.74) is 3.00. The van der Waals surface area contributed by atoms with E-state index in [1.807, 2.05) is 19.1 Å².